The van der Waals surface area contributed by atoms with E-state index in [1.165, 1.54) is 6.07 Å². The molecule has 1 fully saturated rings. The summed E-state index contributed by atoms with van der Waals surface area (Å²) in [6.45, 7) is 7.46. The Bertz CT molecular complexity index is 479. The van der Waals surface area contributed by atoms with E-state index in [-0.39, 0.29) is 22.8 Å². The average Bonchev–Trinajstić information content (AvgIpc) is 2.72. The lowest BCUT2D eigenvalue weighted by molar-refractivity contribution is 0.0946. The van der Waals surface area contributed by atoms with Crippen LogP contribution in [0.4, 0.5) is 0 Å². The summed E-state index contributed by atoms with van der Waals surface area (Å²) in [7, 11) is 0. The van der Waals surface area contributed by atoms with Crippen molar-refractivity contribution < 1.29 is 9.84 Å². The van der Waals surface area contributed by atoms with Crippen LogP contribution in [0.15, 0.2) is 16.9 Å². The van der Waals surface area contributed by atoms with Crippen molar-refractivity contribution in [1.82, 2.24) is 4.57 Å². The second-order valence-corrected chi connectivity index (χ2v) is 5.93. The molecule has 0 aromatic carbocycles. The number of nitrogens with zero attached hydrogens (tertiary/aromatic N) is 1. The van der Waals surface area contributed by atoms with Crippen molar-refractivity contribution in [3.8, 4) is 5.75 Å². The van der Waals surface area contributed by atoms with Crippen molar-refractivity contribution in [2.75, 3.05) is 6.61 Å². The smallest absolute Gasteiger partial charge is 0.254 e. The number of aromatic nitrogens is 1. The van der Waals surface area contributed by atoms with Crippen LogP contribution in [0.25, 0.3) is 0 Å². The van der Waals surface area contributed by atoms with Gasteiger partial charge in [0.05, 0.1) is 12.6 Å². The van der Waals surface area contributed by atoms with Crippen LogP contribution in [0.1, 0.15) is 39.3 Å². The first-order chi connectivity index (χ1) is 8.38. The highest BCUT2D eigenvalue weighted by molar-refractivity contribution is 5.26. The number of pyridine rings is 1. The molecule has 1 aromatic heterocycles. The molecule has 4 heteroatoms. The first kappa shape index (κ1) is 13.1. The summed E-state index contributed by atoms with van der Waals surface area (Å²) >= 11 is 0. The second-order valence-electron chi connectivity index (χ2n) is 5.93. The highest BCUT2D eigenvalue weighted by atomic mass is 16.5. The van der Waals surface area contributed by atoms with Gasteiger partial charge in [-0.3, -0.25) is 4.79 Å². The Balaban J connectivity index is 2.40. The normalized spacial score (nSPS) is 20.3. The largest absolute Gasteiger partial charge is 0.508 e. The van der Waals surface area contributed by atoms with E-state index in [4.69, 9.17) is 4.74 Å². The van der Waals surface area contributed by atoms with E-state index in [0.29, 0.717) is 6.54 Å². The van der Waals surface area contributed by atoms with Crippen molar-refractivity contribution in [2.24, 2.45) is 0 Å². The second kappa shape index (κ2) is 4.76. The molecule has 1 N–H and O–H groups in total. The zero-order valence-electron chi connectivity index (χ0n) is 11.3. The number of hydrogen-bond donors (Lipinski definition) is 1. The summed E-state index contributed by atoms with van der Waals surface area (Å²) in [4.78, 5) is 12.0. The third-order valence-corrected chi connectivity index (χ3v) is 3.29. The number of aromatic hydroxyl groups is 1. The molecule has 1 saturated heterocycles. The van der Waals surface area contributed by atoms with Crippen LogP contribution in [-0.4, -0.2) is 22.4 Å². The van der Waals surface area contributed by atoms with Gasteiger partial charge in [-0.15, -0.1) is 0 Å². The van der Waals surface area contributed by atoms with Crippen LogP contribution < -0.4 is 5.56 Å². The van der Waals surface area contributed by atoms with Crippen molar-refractivity contribution in [3.63, 3.8) is 0 Å². The Morgan fingerprint density at radius 3 is 2.72 bits per heavy atom. The molecule has 1 unspecified atom stereocenters. The van der Waals surface area contributed by atoms with Crippen LogP contribution in [0, 0.1) is 0 Å². The minimum Gasteiger partial charge on any atom is -0.508 e. The maximum atomic E-state index is 12.0. The van der Waals surface area contributed by atoms with Crippen molar-refractivity contribution >= 4 is 0 Å². The van der Waals surface area contributed by atoms with Crippen LogP contribution >= 0.6 is 0 Å². The fourth-order valence-electron chi connectivity index (χ4n) is 2.38. The van der Waals surface area contributed by atoms with Crippen molar-refractivity contribution in [1.29, 1.82) is 0 Å². The standard InChI is InChI=1S/C14H21NO3/c1-14(2,3)12-7-10(16)8-13(17)15(12)9-11-5-4-6-18-11/h7-8,11,16H,4-6,9H2,1-3H3. The van der Waals surface area contributed by atoms with Crippen LogP contribution in [0.2, 0.25) is 0 Å². The molecule has 1 aliphatic heterocycles. The van der Waals surface area contributed by atoms with Gasteiger partial charge >= 0.3 is 0 Å². The molecule has 18 heavy (non-hydrogen) atoms. The first-order valence-corrected chi connectivity index (χ1v) is 6.44. The lowest BCUT2D eigenvalue weighted by atomic mass is 9.91. The molecule has 0 aliphatic carbocycles. The van der Waals surface area contributed by atoms with Crippen LogP contribution in [-0.2, 0) is 16.7 Å². The van der Waals surface area contributed by atoms with Gasteiger partial charge in [0.25, 0.3) is 5.56 Å². The Labute approximate surface area is 107 Å². The minimum absolute atomic E-state index is 0.0357. The highest BCUT2D eigenvalue weighted by Gasteiger charge is 2.23. The monoisotopic (exact) mass is 251 g/mol. The molecule has 0 radical (unpaired) electrons. The van der Waals surface area contributed by atoms with Gasteiger partial charge in [0.15, 0.2) is 0 Å². The predicted octanol–water partition coefficient (Wildman–Crippen LogP) is 2.03. The Morgan fingerprint density at radius 1 is 1.44 bits per heavy atom. The molecule has 0 saturated carbocycles. The van der Waals surface area contributed by atoms with E-state index < -0.39 is 0 Å². The van der Waals surface area contributed by atoms with Gasteiger partial charge in [-0.1, -0.05) is 20.8 Å². The van der Waals surface area contributed by atoms with Gasteiger partial charge in [-0.05, 0) is 12.8 Å². The Kier molecular flexibility index (Phi) is 3.48. The molecule has 4 nitrogen and oxygen atoms in total. The molecule has 1 aliphatic rings. The van der Waals surface area contributed by atoms with Gasteiger partial charge in [-0.2, -0.15) is 0 Å². The summed E-state index contributed by atoms with van der Waals surface area (Å²) in [6.07, 6.45) is 2.17. The number of hydrogen-bond acceptors (Lipinski definition) is 3. The highest BCUT2D eigenvalue weighted by Crippen LogP contribution is 2.25. The summed E-state index contributed by atoms with van der Waals surface area (Å²) in [5.74, 6) is 0.0357. The molecule has 1 aromatic rings. The third kappa shape index (κ3) is 2.75. The fourth-order valence-corrected chi connectivity index (χ4v) is 2.38. The lowest BCUT2D eigenvalue weighted by Crippen LogP contribution is -2.32. The van der Waals surface area contributed by atoms with E-state index in [1.807, 2.05) is 20.8 Å². The van der Waals surface area contributed by atoms with Gasteiger partial charge in [-0.25, -0.2) is 0 Å². The molecule has 0 bridgehead atoms. The lowest BCUT2D eigenvalue weighted by Gasteiger charge is -2.25. The minimum atomic E-state index is -0.184. The van der Waals surface area contributed by atoms with Crippen LogP contribution in [0.5, 0.6) is 5.75 Å². The number of rotatable bonds is 2. The van der Waals surface area contributed by atoms with E-state index in [2.05, 4.69) is 0 Å². The molecular formula is C14H21NO3. The topological polar surface area (TPSA) is 51.5 Å². The fraction of sp³-hybridized carbons (Fsp3) is 0.643. The van der Waals surface area contributed by atoms with Gasteiger partial charge < -0.3 is 14.4 Å². The Morgan fingerprint density at radius 2 is 2.17 bits per heavy atom. The zero-order chi connectivity index (χ0) is 13.3. The van der Waals surface area contributed by atoms with Crippen LogP contribution in [0.3, 0.4) is 0 Å². The predicted molar refractivity (Wildman–Crippen MR) is 70.0 cm³/mol. The molecule has 2 rings (SSSR count). The van der Waals surface area contributed by atoms with E-state index in [1.54, 1.807) is 10.6 Å². The molecular weight excluding hydrogens is 230 g/mol. The van der Waals surface area contributed by atoms with Crippen molar-refractivity contribution in [3.05, 3.63) is 28.2 Å². The summed E-state index contributed by atoms with van der Waals surface area (Å²) in [6, 6.07) is 2.94. The van der Waals surface area contributed by atoms with Gasteiger partial charge in [0, 0.05) is 29.8 Å². The molecule has 100 valence electrons. The maximum absolute atomic E-state index is 12.0. The number of ether oxygens (including phenoxy) is 1. The zero-order valence-corrected chi connectivity index (χ0v) is 11.3. The maximum Gasteiger partial charge on any atom is 0.254 e. The quantitative estimate of drug-likeness (QED) is 0.875. The van der Waals surface area contributed by atoms with E-state index in [0.717, 1.165) is 25.1 Å². The first-order valence-electron chi connectivity index (χ1n) is 6.44. The van der Waals surface area contributed by atoms with Gasteiger partial charge in [0.2, 0.25) is 0 Å². The third-order valence-electron chi connectivity index (χ3n) is 3.29. The van der Waals surface area contributed by atoms with Gasteiger partial charge in [0.1, 0.15) is 5.75 Å². The average molecular weight is 251 g/mol. The summed E-state index contributed by atoms with van der Waals surface area (Å²) in [5, 5.41) is 9.60. The molecule has 2 heterocycles. The van der Waals surface area contributed by atoms with Crippen molar-refractivity contribution in [2.45, 2.75) is 51.7 Å². The SMILES string of the molecule is CC(C)(C)c1cc(O)cc(=O)n1CC1CCCO1. The molecule has 1 atom stereocenters. The molecule has 0 spiro atoms. The molecule has 0 amide bonds. The summed E-state index contributed by atoms with van der Waals surface area (Å²) < 4.78 is 7.32. The summed E-state index contributed by atoms with van der Waals surface area (Å²) in [5.41, 5.74) is 0.509. The Hall–Kier alpha value is -1.29. The van der Waals surface area contributed by atoms with E-state index >= 15 is 0 Å². The van der Waals surface area contributed by atoms with E-state index in [9.17, 15) is 9.90 Å².